The van der Waals surface area contributed by atoms with E-state index in [0.29, 0.717) is 34.7 Å². The van der Waals surface area contributed by atoms with Gasteiger partial charge in [0.15, 0.2) is 22.8 Å². The molecule has 0 bridgehead atoms. The molecule has 0 amide bonds. The maximum atomic E-state index is 14.1. The summed E-state index contributed by atoms with van der Waals surface area (Å²) in [5, 5.41) is 9.74. The maximum Gasteiger partial charge on any atom is 0.296 e. The van der Waals surface area contributed by atoms with E-state index in [1.54, 1.807) is 35.2 Å². The van der Waals surface area contributed by atoms with Crippen LogP contribution in [-0.2, 0) is 4.74 Å². The highest BCUT2D eigenvalue weighted by atomic mass is 19.3. The molecule has 9 nitrogen and oxygen atoms in total. The molecule has 1 aliphatic heterocycles. The summed E-state index contributed by atoms with van der Waals surface area (Å²) in [5.41, 5.74) is 1.75. The van der Waals surface area contributed by atoms with Crippen molar-refractivity contribution in [2.45, 2.75) is 51.4 Å². The van der Waals surface area contributed by atoms with E-state index in [1.165, 1.54) is 4.57 Å². The van der Waals surface area contributed by atoms with E-state index in [-0.39, 0.29) is 30.7 Å². The number of aromatic nitrogens is 6. The summed E-state index contributed by atoms with van der Waals surface area (Å²) in [7, 11) is 1.85. The van der Waals surface area contributed by atoms with Crippen molar-refractivity contribution in [3.63, 3.8) is 0 Å². The van der Waals surface area contributed by atoms with Crippen LogP contribution in [0.3, 0.4) is 0 Å². The fourth-order valence-corrected chi connectivity index (χ4v) is 4.45. The second-order valence-corrected chi connectivity index (χ2v) is 8.82. The maximum absolute atomic E-state index is 14.1. The molecule has 3 atom stereocenters. The normalized spacial score (nSPS) is 19.5. The first-order chi connectivity index (χ1) is 16.4. The predicted molar refractivity (Wildman–Crippen MR) is 124 cm³/mol. The molecule has 1 N–H and O–H groups in total. The first-order valence-electron chi connectivity index (χ1n) is 11.3. The van der Waals surface area contributed by atoms with Crippen molar-refractivity contribution < 1.29 is 18.6 Å². The summed E-state index contributed by atoms with van der Waals surface area (Å²) < 4.78 is 37.2. The van der Waals surface area contributed by atoms with Crippen LogP contribution < -0.4 is 4.90 Å². The van der Waals surface area contributed by atoms with Gasteiger partial charge in [-0.3, -0.25) is 4.57 Å². The molecule has 1 aliphatic rings. The minimum atomic E-state index is -2.81. The van der Waals surface area contributed by atoms with Crippen LogP contribution in [0.1, 0.15) is 45.0 Å². The Hall–Kier alpha value is -3.18. The number of nitrogens with zero attached hydrogens (tertiary/aromatic N) is 7. The van der Waals surface area contributed by atoms with Gasteiger partial charge in [-0.1, -0.05) is 12.1 Å². The summed E-state index contributed by atoms with van der Waals surface area (Å²) in [6.45, 7) is 4.31. The molecule has 11 heteroatoms. The molecule has 3 aromatic heterocycles. The highest BCUT2D eigenvalue weighted by molar-refractivity contribution is 5.85. The van der Waals surface area contributed by atoms with Gasteiger partial charge in [-0.05, 0) is 38.8 Å². The van der Waals surface area contributed by atoms with E-state index in [2.05, 4.69) is 9.97 Å². The number of alkyl halides is 2. The Balaban J connectivity index is 1.71. The Kier molecular flexibility index (Phi) is 5.90. The van der Waals surface area contributed by atoms with E-state index in [0.717, 1.165) is 12.8 Å². The van der Waals surface area contributed by atoms with Gasteiger partial charge in [-0.25, -0.2) is 18.7 Å². The predicted octanol–water partition coefficient (Wildman–Crippen LogP) is 3.66. The summed E-state index contributed by atoms with van der Waals surface area (Å²) in [4.78, 5) is 19.9. The van der Waals surface area contributed by atoms with Crippen molar-refractivity contribution in [2.24, 2.45) is 0 Å². The highest BCUT2D eigenvalue weighted by Crippen LogP contribution is 2.32. The number of aliphatic hydroxyl groups excluding tert-OH is 1. The van der Waals surface area contributed by atoms with E-state index >= 15 is 0 Å². The molecule has 1 fully saturated rings. The van der Waals surface area contributed by atoms with Gasteiger partial charge in [0.25, 0.3) is 6.43 Å². The number of halogens is 2. The number of rotatable bonds is 7. The van der Waals surface area contributed by atoms with Gasteiger partial charge in [0.05, 0.1) is 42.2 Å². The largest absolute Gasteiger partial charge is 0.394 e. The van der Waals surface area contributed by atoms with Crippen molar-refractivity contribution in [2.75, 3.05) is 25.1 Å². The van der Waals surface area contributed by atoms with Crippen LogP contribution in [0.25, 0.3) is 28.0 Å². The Morgan fingerprint density at radius 1 is 1.21 bits per heavy atom. The Labute approximate surface area is 195 Å². The number of imidazole rings is 2. The number of para-hydroxylation sites is 2. The molecule has 4 aromatic rings. The monoisotopic (exact) mass is 471 g/mol. The topological polar surface area (TPSA) is 94.1 Å². The van der Waals surface area contributed by atoms with E-state index in [4.69, 9.17) is 14.7 Å². The number of benzene rings is 1. The Morgan fingerprint density at radius 2 is 2.00 bits per heavy atom. The van der Waals surface area contributed by atoms with Crippen molar-refractivity contribution in [3.8, 4) is 5.82 Å². The third kappa shape index (κ3) is 3.88. The standard InChI is InChI=1S/C23H27F2N7O2/c1-13(11-33)31-12-26-18-20(31)28-23(30(3)10-15-9-8-14(2)34-15)29-21(18)32-17-7-5-4-6-16(17)27-22(32)19(24)25/h4-7,12-15,19,33H,8-11H2,1-3H3. The Morgan fingerprint density at radius 3 is 2.71 bits per heavy atom. The first kappa shape index (κ1) is 22.6. The first-order valence-corrected chi connectivity index (χ1v) is 11.3. The van der Waals surface area contributed by atoms with Gasteiger partial charge in [0.2, 0.25) is 5.95 Å². The molecule has 0 radical (unpaired) electrons. The van der Waals surface area contributed by atoms with Crippen LogP contribution in [0.5, 0.6) is 0 Å². The quantitative estimate of drug-likeness (QED) is 0.440. The molecular weight excluding hydrogens is 444 g/mol. The minimum Gasteiger partial charge on any atom is -0.394 e. The molecule has 3 unspecified atom stereocenters. The van der Waals surface area contributed by atoms with Gasteiger partial charge in [-0.2, -0.15) is 9.97 Å². The number of fused-ring (bicyclic) bond motifs is 2. The van der Waals surface area contributed by atoms with Crippen LogP contribution in [0.15, 0.2) is 30.6 Å². The zero-order valence-electron chi connectivity index (χ0n) is 19.3. The van der Waals surface area contributed by atoms with Crippen molar-refractivity contribution >= 4 is 28.1 Å². The fourth-order valence-electron chi connectivity index (χ4n) is 4.45. The van der Waals surface area contributed by atoms with Gasteiger partial charge >= 0.3 is 0 Å². The lowest BCUT2D eigenvalue weighted by Crippen LogP contribution is -2.30. The van der Waals surface area contributed by atoms with Crippen molar-refractivity contribution in [3.05, 3.63) is 36.4 Å². The van der Waals surface area contributed by atoms with E-state index in [9.17, 15) is 13.9 Å². The molecule has 1 aromatic carbocycles. The lowest BCUT2D eigenvalue weighted by molar-refractivity contribution is 0.0605. The third-order valence-electron chi connectivity index (χ3n) is 6.26. The average Bonchev–Trinajstić information content (AvgIpc) is 3.54. The highest BCUT2D eigenvalue weighted by Gasteiger charge is 2.28. The van der Waals surface area contributed by atoms with Crippen molar-refractivity contribution in [1.82, 2.24) is 29.1 Å². The van der Waals surface area contributed by atoms with Gasteiger partial charge in [-0.15, -0.1) is 0 Å². The molecule has 4 heterocycles. The molecule has 34 heavy (non-hydrogen) atoms. The SMILES string of the molecule is CC1CCC(CN(C)c2nc(-n3c(C(F)F)nc4ccccc43)c3ncn(C(C)CO)c3n2)O1. The van der Waals surface area contributed by atoms with Gasteiger partial charge < -0.3 is 19.3 Å². The minimum absolute atomic E-state index is 0.0368. The third-order valence-corrected chi connectivity index (χ3v) is 6.26. The lowest BCUT2D eigenvalue weighted by atomic mass is 10.2. The molecule has 1 saturated heterocycles. The molecular formula is C23H27F2N7O2. The van der Waals surface area contributed by atoms with Crippen LogP contribution in [0.2, 0.25) is 0 Å². The van der Waals surface area contributed by atoms with Crippen LogP contribution in [0, 0.1) is 0 Å². The molecule has 0 aliphatic carbocycles. The van der Waals surface area contributed by atoms with E-state index < -0.39 is 12.2 Å². The average molecular weight is 472 g/mol. The second-order valence-electron chi connectivity index (χ2n) is 8.82. The smallest absolute Gasteiger partial charge is 0.296 e. The summed E-state index contributed by atoms with van der Waals surface area (Å²) in [5.74, 6) is 0.170. The number of aliphatic hydroxyl groups is 1. The molecule has 5 rings (SSSR count). The number of likely N-dealkylation sites (N-methyl/N-ethyl adjacent to an activating group) is 1. The van der Waals surface area contributed by atoms with E-state index in [1.807, 2.05) is 25.8 Å². The van der Waals surface area contributed by atoms with Crippen molar-refractivity contribution in [1.29, 1.82) is 0 Å². The summed E-state index contributed by atoms with van der Waals surface area (Å²) in [6, 6.07) is 6.63. The van der Waals surface area contributed by atoms with Crippen LogP contribution in [0.4, 0.5) is 14.7 Å². The zero-order valence-corrected chi connectivity index (χ0v) is 19.3. The van der Waals surface area contributed by atoms with Gasteiger partial charge in [0, 0.05) is 13.6 Å². The molecule has 180 valence electrons. The number of anilines is 1. The zero-order chi connectivity index (χ0) is 24.0. The fraction of sp³-hybridized carbons (Fsp3) is 0.478. The van der Waals surface area contributed by atoms with Crippen LogP contribution >= 0.6 is 0 Å². The molecule has 0 saturated carbocycles. The number of ether oxygens (including phenoxy) is 1. The number of hydrogen-bond donors (Lipinski definition) is 1. The second kappa shape index (κ2) is 8.88. The molecule has 0 spiro atoms. The summed E-state index contributed by atoms with van der Waals surface area (Å²) in [6.07, 6.45) is 0.900. The number of hydrogen-bond acceptors (Lipinski definition) is 7. The van der Waals surface area contributed by atoms with Gasteiger partial charge in [0.1, 0.15) is 0 Å². The lowest BCUT2D eigenvalue weighted by Gasteiger charge is -2.22. The summed E-state index contributed by atoms with van der Waals surface area (Å²) >= 11 is 0. The Bertz CT molecular complexity index is 1320. The van der Waals surface area contributed by atoms with Crippen LogP contribution in [-0.4, -0.2) is 66.6 Å².